The van der Waals surface area contributed by atoms with Crippen LogP contribution in [0.5, 0.6) is 23.0 Å². The minimum atomic E-state index is -0.0351. The van der Waals surface area contributed by atoms with Crippen molar-refractivity contribution in [1.29, 1.82) is 0 Å². The molecule has 0 fully saturated rings. The topological polar surface area (TPSA) is 28.3 Å². The molecule has 0 saturated heterocycles. The number of benzene rings is 8. The SMILES string of the molecule is c1ccc(-n2c3ccccc3c3ccc4c(c32)Oc2cc(-c3ccc(-n5c6ccccc6c6ccccc65)cc3)cc3c2B4c2ccccc2O3)cc1. The van der Waals surface area contributed by atoms with E-state index in [1.54, 1.807) is 0 Å². The van der Waals surface area contributed by atoms with E-state index >= 15 is 0 Å². The van der Waals surface area contributed by atoms with E-state index in [0.29, 0.717) is 0 Å². The first kappa shape index (κ1) is 28.7. The Morgan fingerprint density at radius 3 is 1.66 bits per heavy atom. The summed E-state index contributed by atoms with van der Waals surface area (Å²) in [7, 11) is 0. The van der Waals surface area contributed by atoms with Crippen molar-refractivity contribution < 1.29 is 9.47 Å². The van der Waals surface area contributed by atoms with Gasteiger partial charge in [-0.05, 0) is 82.7 Å². The molecule has 12 rings (SSSR count). The number of hydrogen-bond donors (Lipinski definition) is 0. The first-order valence-corrected chi connectivity index (χ1v) is 18.1. The van der Waals surface area contributed by atoms with Gasteiger partial charge in [-0.25, -0.2) is 0 Å². The third-order valence-electron chi connectivity index (χ3n) is 11.2. The minimum absolute atomic E-state index is 0.0351. The van der Waals surface area contributed by atoms with Crippen LogP contribution in [0.15, 0.2) is 176 Å². The molecule has 0 saturated carbocycles. The van der Waals surface area contributed by atoms with Crippen LogP contribution in [0.4, 0.5) is 0 Å². The molecule has 0 bridgehead atoms. The molecule has 4 nitrogen and oxygen atoms in total. The van der Waals surface area contributed by atoms with Crippen molar-refractivity contribution in [2.45, 2.75) is 0 Å². The average molecular weight is 677 g/mol. The zero-order valence-corrected chi connectivity index (χ0v) is 28.5. The smallest absolute Gasteiger partial charge is 0.260 e. The summed E-state index contributed by atoms with van der Waals surface area (Å²) in [4.78, 5) is 0. The van der Waals surface area contributed by atoms with Gasteiger partial charge < -0.3 is 18.6 Å². The maximum Gasteiger partial charge on any atom is 0.260 e. The molecule has 5 heteroatoms. The molecular formula is C48H29BN2O2. The minimum Gasteiger partial charge on any atom is -0.458 e. The Balaban J connectivity index is 1.06. The molecule has 0 aliphatic carbocycles. The second kappa shape index (κ2) is 10.8. The lowest BCUT2D eigenvalue weighted by Crippen LogP contribution is -2.57. The second-order valence-electron chi connectivity index (χ2n) is 14.0. The van der Waals surface area contributed by atoms with Crippen LogP contribution in [0.1, 0.15) is 0 Å². The van der Waals surface area contributed by atoms with E-state index in [4.69, 9.17) is 9.47 Å². The number of nitrogens with zero attached hydrogens (tertiary/aromatic N) is 2. The van der Waals surface area contributed by atoms with E-state index in [1.165, 1.54) is 32.6 Å². The summed E-state index contributed by atoms with van der Waals surface area (Å²) in [6, 6.07) is 62.7. The molecular weight excluding hydrogens is 647 g/mol. The van der Waals surface area contributed by atoms with E-state index in [1.807, 2.05) is 0 Å². The lowest BCUT2D eigenvalue weighted by atomic mass is 9.34. The molecule has 53 heavy (non-hydrogen) atoms. The summed E-state index contributed by atoms with van der Waals surface area (Å²) in [6.07, 6.45) is 0. The molecule has 246 valence electrons. The lowest BCUT2D eigenvalue weighted by molar-refractivity contribution is 0.466. The van der Waals surface area contributed by atoms with Crippen molar-refractivity contribution in [1.82, 2.24) is 9.13 Å². The van der Waals surface area contributed by atoms with E-state index in [2.05, 4.69) is 185 Å². The van der Waals surface area contributed by atoms with Crippen LogP contribution in [0.3, 0.4) is 0 Å². The molecule has 2 aliphatic rings. The summed E-state index contributed by atoms with van der Waals surface area (Å²) in [5, 5.41) is 4.88. The van der Waals surface area contributed by atoms with Gasteiger partial charge in [-0.2, -0.15) is 0 Å². The van der Waals surface area contributed by atoms with Gasteiger partial charge in [0.25, 0.3) is 6.71 Å². The maximum absolute atomic E-state index is 7.18. The molecule has 0 unspecified atom stereocenters. The van der Waals surface area contributed by atoms with Gasteiger partial charge in [0.2, 0.25) is 0 Å². The normalized spacial score (nSPS) is 12.8. The monoisotopic (exact) mass is 676 g/mol. The van der Waals surface area contributed by atoms with Crippen LogP contribution in [0.25, 0.3) is 66.1 Å². The number of rotatable bonds is 3. The highest BCUT2D eigenvalue weighted by atomic mass is 16.5. The highest BCUT2D eigenvalue weighted by molar-refractivity contribution is 6.98. The van der Waals surface area contributed by atoms with Gasteiger partial charge in [-0.15, -0.1) is 0 Å². The van der Waals surface area contributed by atoms with Gasteiger partial charge in [-0.1, -0.05) is 115 Å². The van der Waals surface area contributed by atoms with Crippen LogP contribution in [0.2, 0.25) is 0 Å². The van der Waals surface area contributed by atoms with E-state index in [9.17, 15) is 0 Å². The van der Waals surface area contributed by atoms with Crippen molar-refractivity contribution in [2.75, 3.05) is 0 Å². The average Bonchev–Trinajstić information content (AvgIpc) is 3.74. The van der Waals surface area contributed by atoms with Crippen LogP contribution in [0, 0.1) is 0 Å². The van der Waals surface area contributed by atoms with Gasteiger partial charge >= 0.3 is 0 Å². The summed E-state index contributed by atoms with van der Waals surface area (Å²) >= 11 is 0. The van der Waals surface area contributed by atoms with E-state index in [0.717, 1.165) is 72.9 Å². The van der Waals surface area contributed by atoms with Gasteiger partial charge in [0, 0.05) is 38.4 Å². The molecule has 0 amide bonds. The summed E-state index contributed by atoms with van der Waals surface area (Å²) in [6.45, 7) is -0.0351. The largest absolute Gasteiger partial charge is 0.458 e. The molecule has 2 aromatic heterocycles. The fourth-order valence-corrected chi connectivity index (χ4v) is 8.97. The Hall–Kier alpha value is -6.98. The summed E-state index contributed by atoms with van der Waals surface area (Å²) in [5.41, 5.74) is 12.4. The quantitative estimate of drug-likeness (QED) is 0.174. The summed E-state index contributed by atoms with van der Waals surface area (Å²) in [5.74, 6) is 3.43. The first-order chi connectivity index (χ1) is 26.3. The number of fused-ring (bicyclic) bond motifs is 11. The maximum atomic E-state index is 7.18. The number of hydrogen-bond acceptors (Lipinski definition) is 2. The van der Waals surface area contributed by atoms with Crippen molar-refractivity contribution >= 4 is 66.7 Å². The van der Waals surface area contributed by atoms with Crippen LogP contribution < -0.4 is 25.9 Å². The predicted octanol–water partition coefficient (Wildman–Crippen LogP) is 10.3. The summed E-state index contributed by atoms with van der Waals surface area (Å²) < 4.78 is 18.6. The van der Waals surface area contributed by atoms with Crippen molar-refractivity contribution in [3.05, 3.63) is 176 Å². The van der Waals surface area contributed by atoms with Crippen molar-refractivity contribution in [2.24, 2.45) is 0 Å². The zero-order valence-electron chi connectivity index (χ0n) is 28.5. The Kier molecular flexibility index (Phi) is 5.83. The molecule has 0 atom stereocenters. The predicted molar refractivity (Wildman–Crippen MR) is 218 cm³/mol. The van der Waals surface area contributed by atoms with Crippen LogP contribution >= 0.6 is 0 Å². The first-order valence-electron chi connectivity index (χ1n) is 18.1. The Morgan fingerprint density at radius 2 is 0.943 bits per heavy atom. The van der Waals surface area contributed by atoms with Crippen molar-refractivity contribution in [3.63, 3.8) is 0 Å². The number of para-hydroxylation sites is 5. The standard InChI is InChI=1S/C48H29BN2O2/c1-2-12-32(13-3-1)51-42-20-10-6-16-36(42)37-26-27-39-48(47(37)51)53-45-29-31(28-44-46(45)49(39)38-17-7-11-21-43(38)52-44)30-22-24-33(25-23-30)50-40-18-8-4-14-34(40)35-15-5-9-19-41(35)50/h1-29H. The fraction of sp³-hybridized carbons (Fsp3) is 0. The molecule has 8 aromatic carbocycles. The third kappa shape index (κ3) is 4.02. The number of aromatic nitrogens is 2. The molecule has 0 radical (unpaired) electrons. The Morgan fingerprint density at radius 1 is 0.377 bits per heavy atom. The van der Waals surface area contributed by atoms with E-state index in [-0.39, 0.29) is 6.71 Å². The van der Waals surface area contributed by atoms with Crippen LogP contribution in [-0.4, -0.2) is 15.8 Å². The molecule has 10 aromatic rings. The zero-order chi connectivity index (χ0) is 34.6. The third-order valence-corrected chi connectivity index (χ3v) is 11.2. The Labute approximate surface area is 305 Å². The van der Waals surface area contributed by atoms with Gasteiger partial charge in [0.15, 0.2) is 0 Å². The van der Waals surface area contributed by atoms with E-state index < -0.39 is 0 Å². The highest BCUT2D eigenvalue weighted by Crippen LogP contribution is 2.43. The highest BCUT2D eigenvalue weighted by Gasteiger charge is 2.41. The van der Waals surface area contributed by atoms with Crippen molar-refractivity contribution in [3.8, 4) is 45.5 Å². The fourth-order valence-electron chi connectivity index (χ4n) is 8.97. The molecule has 4 heterocycles. The van der Waals surface area contributed by atoms with Crippen LogP contribution in [-0.2, 0) is 0 Å². The molecule has 0 N–H and O–H groups in total. The second-order valence-corrected chi connectivity index (χ2v) is 14.0. The number of ether oxygens (including phenoxy) is 2. The van der Waals surface area contributed by atoms with Gasteiger partial charge in [0.05, 0.1) is 22.1 Å². The van der Waals surface area contributed by atoms with Gasteiger partial charge in [-0.3, -0.25) is 0 Å². The Bertz CT molecular complexity index is 3070. The molecule has 0 spiro atoms. The van der Waals surface area contributed by atoms with Gasteiger partial charge in [0.1, 0.15) is 23.0 Å². The molecule has 2 aliphatic heterocycles. The lowest BCUT2D eigenvalue weighted by Gasteiger charge is -2.33.